The number of ether oxygens (including phenoxy) is 2. The highest BCUT2D eigenvalue weighted by Gasteiger charge is 2.20. The van der Waals surface area contributed by atoms with Gasteiger partial charge in [-0.25, -0.2) is 4.79 Å². The quantitative estimate of drug-likeness (QED) is 0.649. The molecule has 0 bridgehead atoms. The van der Waals surface area contributed by atoms with Gasteiger partial charge in [0, 0.05) is 12.1 Å². The summed E-state index contributed by atoms with van der Waals surface area (Å²) in [6.07, 6.45) is 0. The molecular formula is C16H14O6. The van der Waals surface area contributed by atoms with Crippen LogP contribution in [0, 0.1) is 0 Å². The van der Waals surface area contributed by atoms with Crippen LogP contribution in [-0.4, -0.2) is 35.7 Å². The molecule has 0 unspecified atom stereocenters. The van der Waals surface area contributed by atoms with Crippen LogP contribution in [0.25, 0.3) is 0 Å². The van der Waals surface area contributed by atoms with E-state index in [-0.39, 0.29) is 11.3 Å². The second-order valence-corrected chi connectivity index (χ2v) is 4.41. The fourth-order valence-corrected chi connectivity index (χ4v) is 1.85. The molecule has 0 saturated carbocycles. The van der Waals surface area contributed by atoms with Gasteiger partial charge < -0.3 is 19.7 Å². The molecule has 6 heteroatoms. The monoisotopic (exact) mass is 302 g/mol. The molecule has 6 nitrogen and oxygen atoms in total. The molecule has 0 aliphatic heterocycles. The first-order valence-electron chi connectivity index (χ1n) is 6.38. The lowest BCUT2D eigenvalue weighted by Crippen LogP contribution is -2.14. The van der Waals surface area contributed by atoms with Crippen LogP contribution in [0.1, 0.15) is 20.7 Å². The van der Waals surface area contributed by atoms with Gasteiger partial charge in [-0.3, -0.25) is 4.79 Å². The first-order valence-corrected chi connectivity index (χ1v) is 6.38. The summed E-state index contributed by atoms with van der Waals surface area (Å²) in [4.78, 5) is 23.7. The maximum absolute atomic E-state index is 12.0. The van der Waals surface area contributed by atoms with E-state index in [1.165, 1.54) is 19.2 Å². The summed E-state index contributed by atoms with van der Waals surface area (Å²) in [5.41, 5.74) is -0.0138. The molecule has 0 aliphatic rings. The lowest BCUT2D eigenvalue weighted by Gasteiger charge is -2.09. The highest BCUT2D eigenvalue weighted by Crippen LogP contribution is 2.32. The fourth-order valence-electron chi connectivity index (χ4n) is 1.85. The minimum absolute atomic E-state index is 0.202. The summed E-state index contributed by atoms with van der Waals surface area (Å²) in [7, 11) is 1.36. The topological polar surface area (TPSA) is 93.1 Å². The summed E-state index contributed by atoms with van der Waals surface area (Å²) in [6, 6.07) is 10.6. The lowest BCUT2D eigenvalue weighted by atomic mass is 10.1. The molecule has 0 aromatic heterocycles. The number of carbonyl (C=O) groups is 2. The van der Waals surface area contributed by atoms with Crippen LogP contribution in [0.5, 0.6) is 17.2 Å². The Bertz CT molecular complexity index is 670. The van der Waals surface area contributed by atoms with Crippen molar-refractivity contribution in [3.63, 3.8) is 0 Å². The van der Waals surface area contributed by atoms with Gasteiger partial charge in [0.25, 0.3) is 0 Å². The third-order valence-corrected chi connectivity index (χ3v) is 2.93. The van der Waals surface area contributed by atoms with Crippen LogP contribution in [-0.2, 0) is 4.74 Å². The number of phenolic OH excluding ortho intramolecular Hbond substituents is 2. The number of methoxy groups -OCH3 is 1. The predicted octanol–water partition coefficient (Wildman–Crippen LogP) is 2.15. The number of phenols is 2. The number of Topliss-reactive ketones (excluding diaryl/α,β-unsaturated/α-hetero) is 1. The van der Waals surface area contributed by atoms with Crippen molar-refractivity contribution in [2.24, 2.45) is 0 Å². The zero-order valence-electron chi connectivity index (χ0n) is 11.8. The van der Waals surface area contributed by atoms with E-state index in [1.54, 1.807) is 30.3 Å². The Morgan fingerprint density at radius 1 is 1.05 bits per heavy atom. The van der Waals surface area contributed by atoms with Gasteiger partial charge in [-0.1, -0.05) is 18.2 Å². The zero-order chi connectivity index (χ0) is 16.1. The molecule has 0 heterocycles. The molecule has 2 aromatic rings. The Labute approximate surface area is 126 Å². The number of hydrogen-bond donors (Lipinski definition) is 2. The Balaban J connectivity index is 2.09. The Morgan fingerprint density at radius 2 is 1.64 bits per heavy atom. The van der Waals surface area contributed by atoms with Crippen LogP contribution in [0.4, 0.5) is 0 Å². The van der Waals surface area contributed by atoms with Gasteiger partial charge in [0.1, 0.15) is 22.8 Å². The van der Waals surface area contributed by atoms with E-state index in [9.17, 15) is 19.8 Å². The normalized spacial score (nSPS) is 10.0. The van der Waals surface area contributed by atoms with Crippen LogP contribution < -0.4 is 4.74 Å². The van der Waals surface area contributed by atoms with Crippen molar-refractivity contribution in [3.05, 3.63) is 53.6 Å². The number of rotatable bonds is 5. The largest absolute Gasteiger partial charge is 0.507 e. The summed E-state index contributed by atoms with van der Waals surface area (Å²) >= 11 is 0. The minimum Gasteiger partial charge on any atom is -0.507 e. The first-order chi connectivity index (χ1) is 10.5. The highest BCUT2D eigenvalue weighted by molar-refractivity contribution is 6.03. The fraction of sp³-hybridized carbons (Fsp3) is 0.125. The van der Waals surface area contributed by atoms with E-state index in [2.05, 4.69) is 0 Å². The van der Waals surface area contributed by atoms with Gasteiger partial charge in [0.2, 0.25) is 5.78 Å². The number of hydrogen-bond acceptors (Lipinski definition) is 6. The second kappa shape index (κ2) is 6.62. The van der Waals surface area contributed by atoms with Gasteiger partial charge in [0.15, 0.2) is 6.61 Å². The SMILES string of the molecule is COc1cc(O)c(C(=O)COC(=O)c2ccccc2)c(O)c1. The van der Waals surface area contributed by atoms with Gasteiger partial charge in [0.05, 0.1) is 12.7 Å². The van der Waals surface area contributed by atoms with Gasteiger partial charge in [-0.2, -0.15) is 0 Å². The van der Waals surface area contributed by atoms with Gasteiger partial charge in [-0.15, -0.1) is 0 Å². The highest BCUT2D eigenvalue weighted by atomic mass is 16.5. The molecule has 2 rings (SSSR count). The van der Waals surface area contributed by atoms with E-state index in [1.807, 2.05) is 0 Å². The smallest absolute Gasteiger partial charge is 0.338 e. The number of carbonyl (C=O) groups excluding carboxylic acids is 2. The molecule has 0 radical (unpaired) electrons. The van der Waals surface area contributed by atoms with Crippen molar-refractivity contribution in [2.75, 3.05) is 13.7 Å². The molecule has 0 amide bonds. The van der Waals surface area contributed by atoms with Gasteiger partial charge in [-0.05, 0) is 12.1 Å². The van der Waals surface area contributed by atoms with E-state index in [0.717, 1.165) is 0 Å². The minimum atomic E-state index is -0.720. The lowest BCUT2D eigenvalue weighted by molar-refractivity contribution is 0.0473. The van der Waals surface area contributed by atoms with Crippen molar-refractivity contribution in [1.82, 2.24) is 0 Å². The second-order valence-electron chi connectivity index (χ2n) is 4.41. The zero-order valence-corrected chi connectivity index (χ0v) is 11.8. The summed E-state index contributed by atoms with van der Waals surface area (Å²) in [5.74, 6) is -2.08. The van der Waals surface area contributed by atoms with Crippen molar-refractivity contribution in [3.8, 4) is 17.2 Å². The van der Waals surface area contributed by atoms with Gasteiger partial charge >= 0.3 is 5.97 Å². The van der Waals surface area contributed by atoms with E-state index in [4.69, 9.17) is 9.47 Å². The maximum atomic E-state index is 12.0. The summed E-state index contributed by atoms with van der Waals surface area (Å²) in [5, 5.41) is 19.5. The molecule has 0 fully saturated rings. The molecule has 2 N–H and O–H groups in total. The maximum Gasteiger partial charge on any atom is 0.338 e. The molecule has 114 valence electrons. The van der Waals surface area contributed by atoms with E-state index in [0.29, 0.717) is 5.56 Å². The van der Waals surface area contributed by atoms with Crippen LogP contribution in [0.3, 0.4) is 0 Å². The Morgan fingerprint density at radius 3 is 2.18 bits per heavy atom. The molecule has 0 saturated heterocycles. The molecule has 0 atom stereocenters. The summed E-state index contributed by atoms with van der Waals surface area (Å²) in [6.45, 7) is -0.596. The standard InChI is InChI=1S/C16H14O6/c1-21-11-7-12(17)15(13(18)8-11)14(19)9-22-16(20)10-5-3-2-4-6-10/h2-8,17-18H,9H2,1H3. The average molecular weight is 302 g/mol. The van der Waals surface area contributed by atoms with Crippen molar-refractivity contribution >= 4 is 11.8 Å². The predicted molar refractivity (Wildman–Crippen MR) is 77.4 cm³/mol. The number of benzene rings is 2. The van der Waals surface area contributed by atoms with Crippen LogP contribution in [0.15, 0.2) is 42.5 Å². The van der Waals surface area contributed by atoms with Crippen molar-refractivity contribution < 1.29 is 29.3 Å². The number of ketones is 1. The molecular weight excluding hydrogens is 288 g/mol. The molecule has 22 heavy (non-hydrogen) atoms. The van der Waals surface area contributed by atoms with E-state index >= 15 is 0 Å². The number of aromatic hydroxyl groups is 2. The third kappa shape index (κ3) is 3.35. The Kier molecular flexibility index (Phi) is 4.63. The first kappa shape index (κ1) is 15.4. The van der Waals surface area contributed by atoms with Crippen LogP contribution in [0.2, 0.25) is 0 Å². The number of esters is 1. The molecule has 2 aromatic carbocycles. The van der Waals surface area contributed by atoms with Crippen molar-refractivity contribution in [2.45, 2.75) is 0 Å². The average Bonchev–Trinajstić information content (AvgIpc) is 2.52. The van der Waals surface area contributed by atoms with Crippen LogP contribution >= 0.6 is 0 Å². The molecule has 0 aliphatic carbocycles. The third-order valence-electron chi connectivity index (χ3n) is 2.93. The Hall–Kier alpha value is -3.02. The van der Waals surface area contributed by atoms with E-state index < -0.39 is 29.9 Å². The summed E-state index contributed by atoms with van der Waals surface area (Å²) < 4.78 is 9.72. The molecule has 0 spiro atoms. The van der Waals surface area contributed by atoms with Crippen molar-refractivity contribution in [1.29, 1.82) is 0 Å².